The number of amides is 1. The van der Waals surface area contributed by atoms with Crippen molar-refractivity contribution in [3.63, 3.8) is 0 Å². The van der Waals surface area contributed by atoms with Crippen LogP contribution in [0.5, 0.6) is 0 Å². The molecule has 0 fully saturated rings. The van der Waals surface area contributed by atoms with Gasteiger partial charge < -0.3 is 5.32 Å². The molecular formula is C16H21N3O. The van der Waals surface area contributed by atoms with Crippen molar-refractivity contribution in [2.45, 2.75) is 40.7 Å². The normalized spacial score (nSPS) is 11.6. The highest BCUT2D eigenvalue weighted by Crippen LogP contribution is 2.18. The Bertz CT molecular complexity index is 629. The summed E-state index contributed by atoms with van der Waals surface area (Å²) >= 11 is 0. The van der Waals surface area contributed by atoms with Gasteiger partial charge in [-0.25, -0.2) is 9.97 Å². The van der Waals surface area contributed by atoms with Gasteiger partial charge in [-0.2, -0.15) is 0 Å². The van der Waals surface area contributed by atoms with Crippen LogP contribution < -0.4 is 5.32 Å². The molecule has 2 aromatic rings. The van der Waals surface area contributed by atoms with Crippen LogP contribution in [0.2, 0.25) is 0 Å². The summed E-state index contributed by atoms with van der Waals surface area (Å²) in [6.07, 6.45) is 0.507. The number of hydrogen-bond acceptors (Lipinski definition) is 3. The van der Waals surface area contributed by atoms with Crippen molar-refractivity contribution in [1.29, 1.82) is 0 Å². The number of fused-ring (bicyclic) bond motifs is 1. The predicted octanol–water partition coefficient (Wildman–Crippen LogP) is 2.99. The smallest absolute Gasteiger partial charge is 0.220 e. The number of rotatable bonds is 3. The molecule has 0 bridgehead atoms. The number of aryl methyl sites for hydroxylation is 1. The summed E-state index contributed by atoms with van der Waals surface area (Å²) in [5.41, 5.74) is 3.42. The number of nitrogens with zero attached hydrogens (tertiary/aromatic N) is 2. The van der Waals surface area contributed by atoms with Gasteiger partial charge in [0.05, 0.1) is 29.0 Å². The average Bonchev–Trinajstić information content (AvgIpc) is 2.34. The van der Waals surface area contributed by atoms with Crippen LogP contribution in [0.25, 0.3) is 11.0 Å². The van der Waals surface area contributed by atoms with Crippen LogP contribution in [0.3, 0.4) is 0 Å². The topological polar surface area (TPSA) is 54.9 Å². The molecule has 20 heavy (non-hydrogen) atoms. The molecule has 0 saturated heterocycles. The summed E-state index contributed by atoms with van der Waals surface area (Å²) < 4.78 is 0. The first-order chi connectivity index (χ1) is 9.35. The molecule has 0 aliphatic heterocycles. The van der Waals surface area contributed by atoms with E-state index in [9.17, 15) is 4.79 Å². The quantitative estimate of drug-likeness (QED) is 0.933. The van der Waals surface area contributed by atoms with Gasteiger partial charge in [-0.15, -0.1) is 0 Å². The predicted molar refractivity (Wildman–Crippen MR) is 80.2 cm³/mol. The second-order valence-electron chi connectivity index (χ2n) is 6.26. The Balaban J connectivity index is 2.10. The van der Waals surface area contributed by atoms with Crippen LogP contribution in [0.15, 0.2) is 24.3 Å². The third-order valence-electron chi connectivity index (χ3n) is 2.99. The molecule has 0 spiro atoms. The van der Waals surface area contributed by atoms with Crippen LogP contribution >= 0.6 is 0 Å². The van der Waals surface area contributed by atoms with Gasteiger partial charge in [-0.3, -0.25) is 4.79 Å². The highest BCUT2D eigenvalue weighted by molar-refractivity contribution is 5.77. The zero-order valence-corrected chi connectivity index (χ0v) is 12.5. The third-order valence-corrected chi connectivity index (χ3v) is 2.99. The van der Waals surface area contributed by atoms with Gasteiger partial charge in [0.2, 0.25) is 5.91 Å². The molecule has 0 aliphatic carbocycles. The lowest BCUT2D eigenvalue weighted by Crippen LogP contribution is -2.27. The molecule has 0 aliphatic rings. The SMILES string of the molecule is Cc1nc2ccccc2nc1CNC(=O)CC(C)(C)C. The van der Waals surface area contributed by atoms with Crippen molar-refractivity contribution in [1.82, 2.24) is 15.3 Å². The number of benzene rings is 1. The van der Waals surface area contributed by atoms with Crippen LogP contribution in [0.4, 0.5) is 0 Å². The minimum atomic E-state index is -0.00576. The molecule has 0 atom stereocenters. The molecule has 2 rings (SSSR count). The molecule has 106 valence electrons. The number of carbonyl (C=O) groups excluding carboxylic acids is 1. The van der Waals surface area contributed by atoms with Crippen molar-refractivity contribution in [2.24, 2.45) is 5.41 Å². The number of para-hydroxylation sites is 2. The molecule has 0 radical (unpaired) electrons. The first-order valence-corrected chi connectivity index (χ1v) is 6.84. The lowest BCUT2D eigenvalue weighted by molar-refractivity contribution is -0.122. The van der Waals surface area contributed by atoms with E-state index in [0.717, 1.165) is 22.4 Å². The van der Waals surface area contributed by atoms with Crippen molar-refractivity contribution < 1.29 is 4.79 Å². The van der Waals surface area contributed by atoms with E-state index in [1.165, 1.54) is 0 Å². The zero-order chi connectivity index (χ0) is 14.8. The summed E-state index contributed by atoms with van der Waals surface area (Å²) in [6.45, 7) is 8.50. The largest absolute Gasteiger partial charge is 0.350 e. The van der Waals surface area contributed by atoms with Gasteiger partial charge in [0.25, 0.3) is 0 Å². The van der Waals surface area contributed by atoms with E-state index in [-0.39, 0.29) is 11.3 Å². The van der Waals surface area contributed by atoms with Crippen molar-refractivity contribution in [3.05, 3.63) is 35.7 Å². The van der Waals surface area contributed by atoms with Crippen molar-refractivity contribution in [3.8, 4) is 0 Å². The van der Waals surface area contributed by atoms with Crippen molar-refractivity contribution >= 4 is 16.9 Å². The molecule has 4 nitrogen and oxygen atoms in total. The Morgan fingerprint density at radius 3 is 2.35 bits per heavy atom. The Kier molecular flexibility index (Phi) is 4.02. The van der Waals surface area contributed by atoms with Gasteiger partial charge in [0.15, 0.2) is 0 Å². The van der Waals surface area contributed by atoms with E-state index in [2.05, 4.69) is 15.3 Å². The third kappa shape index (κ3) is 3.76. The maximum absolute atomic E-state index is 11.8. The summed E-state index contributed by atoms with van der Waals surface area (Å²) in [5, 5.41) is 2.92. The Morgan fingerprint density at radius 2 is 1.75 bits per heavy atom. The second kappa shape index (κ2) is 5.57. The summed E-state index contributed by atoms with van der Waals surface area (Å²) in [6, 6.07) is 7.76. The number of aromatic nitrogens is 2. The fourth-order valence-corrected chi connectivity index (χ4v) is 2.02. The van der Waals surface area contributed by atoms with E-state index in [1.54, 1.807) is 0 Å². The lowest BCUT2D eigenvalue weighted by atomic mass is 9.92. The Labute approximate surface area is 119 Å². The molecule has 1 N–H and O–H groups in total. The molecule has 0 saturated carbocycles. The number of carbonyl (C=O) groups is 1. The molecule has 1 amide bonds. The first-order valence-electron chi connectivity index (χ1n) is 6.84. The maximum atomic E-state index is 11.8. The van der Waals surface area contributed by atoms with Crippen LogP contribution in [0, 0.1) is 12.3 Å². The highest BCUT2D eigenvalue weighted by Gasteiger charge is 2.16. The van der Waals surface area contributed by atoms with E-state index in [1.807, 2.05) is 52.0 Å². The minimum Gasteiger partial charge on any atom is -0.350 e. The first kappa shape index (κ1) is 14.4. The summed E-state index contributed by atoms with van der Waals surface area (Å²) in [4.78, 5) is 20.9. The van der Waals surface area contributed by atoms with E-state index < -0.39 is 0 Å². The molecular weight excluding hydrogens is 250 g/mol. The molecule has 0 unspecified atom stereocenters. The van der Waals surface area contributed by atoms with Crippen molar-refractivity contribution in [2.75, 3.05) is 0 Å². The van der Waals surface area contributed by atoms with E-state index in [4.69, 9.17) is 0 Å². The molecule has 4 heteroatoms. The van der Waals surface area contributed by atoms with Gasteiger partial charge >= 0.3 is 0 Å². The zero-order valence-electron chi connectivity index (χ0n) is 12.5. The van der Waals surface area contributed by atoms with E-state index in [0.29, 0.717) is 13.0 Å². The Morgan fingerprint density at radius 1 is 1.15 bits per heavy atom. The summed E-state index contributed by atoms with van der Waals surface area (Å²) in [7, 11) is 0. The monoisotopic (exact) mass is 271 g/mol. The van der Waals surface area contributed by atoms with Crippen LogP contribution in [-0.4, -0.2) is 15.9 Å². The van der Waals surface area contributed by atoms with Crippen LogP contribution in [-0.2, 0) is 11.3 Å². The standard InChI is InChI=1S/C16H21N3O/c1-11-14(10-17-15(20)9-16(2,3)4)19-13-8-6-5-7-12(13)18-11/h5-8H,9-10H2,1-4H3,(H,17,20). The van der Waals surface area contributed by atoms with E-state index >= 15 is 0 Å². The number of hydrogen-bond donors (Lipinski definition) is 1. The summed E-state index contributed by atoms with van der Waals surface area (Å²) in [5.74, 6) is 0.0480. The van der Waals surface area contributed by atoms with Gasteiger partial charge in [0, 0.05) is 6.42 Å². The van der Waals surface area contributed by atoms with Gasteiger partial charge in [-0.05, 0) is 24.5 Å². The average molecular weight is 271 g/mol. The fourth-order valence-electron chi connectivity index (χ4n) is 2.02. The maximum Gasteiger partial charge on any atom is 0.220 e. The molecule has 1 heterocycles. The highest BCUT2D eigenvalue weighted by atomic mass is 16.1. The minimum absolute atomic E-state index is 0.00576. The van der Waals surface area contributed by atoms with Gasteiger partial charge in [0.1, 0.15) is 0 Å². The van der Waals surface area contributed by atoms with Gasteiger partial charge in [-0.1, -0.05) is 32.9 Å². The fraction of sp³-hybridized carbons (Fsp3) is 0.438. The molecule has 1 aromatic heterocycles. The lowest BCUT2D eigenvalue weighted by Gasteiger charge is -2.17. The van der Waals surface area contributed by atoms with Crippen LogP contribution in [0.1, 0.15) is 38.6 Å². The Hall–Kier alpha value is -1.97. The number of nitrogens with one attached hydrogen (secondary N) is 1. The molecule has 1 aromatic carbocycles. The second-order valence-corrected chi connectivity index (χ2v) is 6.26.